The van der Waals surface area contributed by atoms with Gasteiger partial charge in [0, 0.05) is 32.0 Å². The molecule has 8 heteroatoms. The lowest BCUT2D eigenvalue weighted by molar-refractivity contribution is 0.129. The summed E-state index contributed by atoms with van der Waals surface area (Å²) in [6.07, 6.45) is 5.76. The average Bonchev–Trinajstić information content (AvgIpc) is 3.29. The zero-order chi connectivity index (χ0) is 16.4. The van der Waals surface area contributed by atoms with Crippen molar-refractivity contribution in [2.45, 2.75) is 18.8 Å². The Morgan fingerprint density at radius 1 is 1.21 bits per heavy atom. The molecule has 0 radical (unpaired) electrons. The van der Waals surface area contributed by atoms with Crippen LogP contribution < -0.4 is 0 Å². The molecular formula is C16H21N7O. The summed E-state index contributed by atoms with van der Waals surface area (Å²) in [5.74, 6) is 2.11. The van der Waals surface area contributed by atoms with Crippen LogP contribution in [-0.2, 0) is 4.74 Å². The van der Waals surface area contributed by atoms with Crippen molar-refractivity contribution in [1.82, 2.24) is 34.5 Å². The van der Waals surface area contributed by atoms with Crippen molar-refractivity contribution in [3.63, 3.8) is 0 Å². The van der Waals surface area contributed by atoms with Crippen molar-refractivity contribution >= 4 is 5.65 Å². The minimum atomic E-state index is 0.388. The van der Waals surface area contributed by atoms with Gasteiger partial charge in [0.2, 0.25) is 0 Å². The van der Waals surface area contributed by atoms with Crippen LogP contribution in [0.1, 0.15) is 24.6 Å². The Labute approximate surface area is 140 Å². The van der Waals surface area contributed by atoms with Crippen molar-refractivity contribution < 1.29 is 4.74 Å². The van der Waals surface area contributed by atoms with E-state index in [9.17, 15) is 0 Å². The predicted molar refractivity (Wildman–Crippen MR) is 88.2 cm³/mol. The second-order valence-corrected chi connectivity index (χ2v) is 6.08. The number of ether oxygens (including phenoxy) is 1. The van der Waals surface area contributed by atoms with E-state index in [1.165, 1.54) is 0 Å². The van der Waals surface area contributed by atoms with E-state index >= 15 is 0 Å². The molecule has 0 amide bonds. The highest BCUT2D eigenvalue weighted by molar-refractivity contribution is 5.39. The molecule has 126 valence electrons. The van der Waals surface area contributed by atoms with Crippen molar-refractivity contribution in [3.8, 4) is 5.82 Å². The SMILES string of the molecule is COCCN1CCC(c2nnc3ccc(-n4cccn4)nn23)CC1. The number of hydrogen-bond acceptors (Lipinski definition) is 6. The van der Waals surface area contributed by atoms with Gasteiger partial charge in [-0.05, 0) is 44.1 Å². The van der Waals surface area contributed by atoms with Gasteiger partial charge in [-0.2, -0.15) is 9.61 Å². The Balaban J connectivity index is 1.55. The molecule has 0 atom stereocenters. The number of rotatable bonds is 5. The summed E-state index contributed by atoms with van der Waals surface area (Å²) in [7, 11) is 1.75. The molecule has 1 aliphatic heterocycles. The van der Waals surface area contributed by atoms with E-state index in [1.54, 1.807) is 18.0 Å². The molecule has 1 fully saturated rings. The molecule has 1 aliphatic rings. The monoisotopic (exact) mass is 327 g/mol. The first-order chi connectivity index (χ1) is 11.8. The Morgan fingerprint density at radius 3 is 2.83 bits per heavy atom. The smallest absolute Gasteiger partial charge is 0.178 e. The Kier molecular flexibility index (Phi) is 4.22. The standard InChI is InChI=1S/C16H21N7O/c1-24-12-11-21-9-5-13(6-10-21)16-19-18-14-3-4-15(20-23(14)16)22-8-2-7-17-22/h2-4,7-8,13H,5-6,9-12H2,1H3. The van der Waals surface area contributed by atoms with Crippen molar-refractivity contribution in [2.24, 2.45) is 0 Å². The average molecular weight is 327 g/mol. The molecule has 3 aromatic heterocycles. The molecule has 1 saturated heterocycles. The molecule has 0 aromatic carbocycles. The van der Waals surface area contributed by atoms with Crippen LogP contribution in [0.15, 0.2) is 30.6 Å². The third-order valence-corrected chi connectivity index (χ3v) is 4.58. The summed E-state index contributed by atoms with van der Waals surface area (Å²) in [5, 5.41) is 17.6. The summed E-state index contributed by atoms with van der Waals surface area (Å²) in [6.45, 7) is 3.89. The minimum absolute atomic E-state index is 0.388. The lowest BCUT2D eigenvalue weighted by Gasteiger charge is -2.30. The van der Waals surface area contributed by atoms with Crippen LogP contribution in [0.5, 0.6) is 0 Å². The molecule has 0 aliphatic carbocycles. The number of methoxy groups -OCH3 is 1. The minimum Gasteiger partial charge on any atom is -0.383 e. The fourth-order valence-corrected chi connectivity index (χ4v) is 3.21. The first-order valence-electron chi connectivity index (χ1n) is 8.29. The lowest BCUT2D eigenvalue weighted by atomic mass is 9.96. The summed E-state index contributed by atoms with van der Waals surface area (Å²) in [5.41, 5.74) is 0.780. The first-order valence-corrected chi connectivity index (χ1v) is 8.29. The molecule has 4 heterocycles. The summed E-state index contributed by atoms with van der Waals surface area (Å²) < 4.78 is 8.78. The third-order valence-electron chi connectivity index (χ3n) is 4.58. The van der Waals surface area contributed by atoms with Crippen molar-refractivity contribution in [1.29, 1.82) is 0 Å². The number of piperidine rings is 1. The topological polar surface area (TPSA) is 73.4 Å². The zero-order valence-electron chi connectivity index (χ0n) is 13.7. The van der Waals surface area contributed by atoms with Gasteiger partial charge in [-0.15, -0.1) is 15.3 Å². The molecular weight excluding hydrogens is 306 g/mol. The molecule has 24 heavy (non-hydrogen) atoms. The van der Waals surface area contributed by atoms with E-state index in [4.69, 9.17) is 4.74 Å². The van der Waals surface area contributed by atoms with Crippen LogP contribution in [0.25, 0.3) is 11.5 Å². The van der Waals surface area contributed by atoms with Crippen LogP contribution >= 0.6 is 0 Å². The van der Waals surface area contributed by atoms with E-state index in [-0.39, 0.29) is 0 Å². The fraction of sp³-hybridized carbons (Fsp3) is 0.500. The fourth-order valence-electron chi connectivity index (χ4n) is 3.21. The van der Waals surface area contributed by atoms with Gasteiger partial charge >= 0.3 is 0 Å². The van der Waals surface area contributed by atoms with Crippen LogP contribution in [0.3, 0.4) is 0 Å². The maximum absolute atomic E-state index is 5.16. The molecule has 4 rings (SSSR count). The largest absolute Gasteiger partial charge is 0.383 e. The molecule has 0 unspecified atom stereocenters. The van der Waals surface area contributed by atoms with Gasteiger partial charge in [-0.25, -0.2) is 4.68 Å². The van der Waals surface area contributed by atoms with Gasteiger partial charge in [-0.3, -0.25) is 0 Å². The van der Waals surface area contributed by atoms with Gasteiger partial charge < -0.3 is 9.64 Å². The van der Waals surface area contributed by atoms with Gasteiger partial charge in [0.05, 0.1) is 6.61 Å². The number of fused-ring (bicyclic) bond motifs is 1. The number of aromatic nitrogens is 6. The highest BCUT2D eigenvalue weighted by atomic mass is 16.5. The van der Waals surface area contributed by atoms with Crippen LogP contribution in [0.2, 0.25) is 0 Å². The van der Waals surface area contributed by atoms with E-state index < -0.39 is 0 Å². The van der Waals surface area contributed by atoms with Crippen LogP contribution in [0.4, 0.5) is 0 Å². The molecule has 8 nitrogen and oxygen atoms in total. The van der Waals surface area contributed by atoms with E-state index in [0.717, 1.165) is 56.4 Å². The van der Waals surface area contributed by atoms with Crippen molar-refractivity contribution in [2.75, 3.05) is 33.4 Å². The quantitative estimate of drug-likeness (QED) is 0.699. The number of nitrogens with zero attached hydrogens (tertiary/aromatic N) is 7. The van der Waals surface area contributed by atoms with E-state index in [0.29, 0.717) is 5.92 Å². The van der Waals surface area contributed by atoms with Gasteiger partial charge in [-0.1, -0.05) is 0 Å². The summed E-state index contributed by atoms with van der Waals surface area (Å²) in [6, 6.07) is 5.73. The van der Waals surface area contributed by atoms with Gasteiger partial charge in [0.1, 0.15) is 0 Å². The van der Waals surface area contributed by atoms with Crippen molar-refractivity contribution in [3.05, 3.63) is 36.4 Å². The van der Waals surface area contributed by atoms with Crippen LogP contribution in [0, 0.1) is 0 Å². The lowest BCUT2D eigenvalue weighted by Crippen LogP contribution is -2.35. The Morgan fingerprint density at radius 2 is 2.08 bits per heavy atom. The highest BCUT2D eigenvalue weighted by Crippen LogP contribution is 2.26. The maximum atomic E-state index is 5.16. The summed E-state index contributed by atoms with van der Waals surface area (Å²) in [4.78, 5) is 2.44. The number of hydrogen-bond donors (Lipinski definition) is 0. The Bertz CT molecular complexity index is 790. The molecule has 0 bridgehead atoms. The zero-order valence-corrected chi connectivity index (χ0v) is 13.7. The first kappa shape index (κ1) is 15.2. The maximum Gasteiger partial charge on any atom is 0.178 e. The van der Waals surface area contributed by atoms with Gasteiger partial charge in [0.25, 0.3) is 0 Å². The van der Waals surface area contributed by atoms with E-state index in [1.807, 2.05) is 28.9 Å². The number of likely N-dealkylation sites (tertiary alicyclic amines) is 1. The Hall–Kier alpha value is -2.32. The second-order valence-electron chi connectivity index (χ2n) is 6.08. The third kappa shape index (κ3) is 2.90. The van der Waals surface area contributed by atoms with E-state index in [2.05, 4.69) is 25.3 Å². The predicted octanol–water partition coefficient (Wildman–Crippen LogP) is 1.14. The highest BCUT2D eigenvalue weighted by Gasteiger charge is 2.25. The normalized spacial score (nSPS) is 16.9. The molecule has 0 saturated carbocycles. The second kappa shape index (κ2) is 6.66. The molecule has 0 spiro atoms. The van der Waals surface area contributed by atoms with Crippen LogP contribution in [-0.4, -0.2) is 67.8 Å². The summed E-state index contributed by atoms with van der Waals surface area (Å²) >= 11 is 0. The molecule has 3 aromatic rings. The van der Waals surface area contributed by atoms with Gasteiger partial charge in [0.15, 0.2) is 17.3 Å². The molecule has 0 N–H and O–H groups in total.